The van der Waals surface area contributed by atoms with Crippen LogP contribution in [0.25, 0.3) is 9.75 Å². The summed E-state index contributed by atoms with van der Waals surface area (Å²) in [6.07, 6.45) is 1.89. The normalized spacial score (nSPS) is 11.2. The second-order valence-electron chi connectivity index (χ2n) is 3.91. The number of rotatable bonds is 3. The molecule has 19 heavy (non-hydrogen) atoms. The lowest BCUT2D eigenvalue weighted by molar-refractivity contribution is 1.54. The molecule has 2 heterocycles. The summed E-state index contributed by atoms with van der Waals surface area (Å²) in [5, 5.41) is 2.83. The molecular weight excluding hydrogens is 294 g/mol. The summed E-state index contributed by atoms with van der Waals surface area (Å²) in [5.74, 6) is 0. The molecule has 0 atom stereocenters. The minimum atomic E-state index is 0.732. The smallest absolute Gasteiger partial charge is 0.0631 e. The number of benzene rings is 1. The number of hydrogen-bond donors (Lipinski definition) is 0. The van der Waals surface area contributed by atoms with E-state index in [4.69, 9.17) is 11.6 Å². The highest BCUT2D eigenvalue weighted by atomic mass is 35.5. The quantitative estimate of drug-likeness (QED) is 0.536. The maximum atomic E-state index is 5.84. The van der Waals surface area contributed by atoms with Crippen molar-refractivity contribution in [3.05, 3.63) is 63.8 Å². The summed E-state index contributed by atoms with van der Waals surface area (Å²) in [7, 11) is 0. The second kappa shape index (κ2) is 5.70. The third kappa shape index (κ3) is 3.13. The molecule has 3 rings (SSSR count). The zero-order chi connectivity index (χ0) is 13.1. The van der Waals surface area contributed by atoms with Gasteiger partial charge in [0.1, 0.15) is 0 Å². The Morgan fingerprint density at radius 2 is 1.79 bits per heavy atom. The molecule has 0 radical (unpaired) electrons. The molecule has 0 aliphatic carbocycles. The van der Waals surface area contributed by atoms with E-state index < -0.39 is 0 Å². The van der Waals surface area contributed by atoms with Gasteiger partial charge in [0, 0.05) is 25.9 Å². The van der Waals surface area contributed by atoms with Crippen LogP contribution in [-0.4, -0.2) is 6.21 Å². The van der Waals surface area contributed by atoms with E-state index in [2.05, 4.69) is 34.6 Å². The largest absolute Gasteiger partial charge is 0.255 e. The highest BCUT2D eigenvalue weighted by Crippen LogP contribution is 2.31. The van der Waals surface area contributed by atoms with Crippen molar-refractivity contribution in [3.63, 3.8) is 0 Å². The van der Waals surface area contributed by atoms with Crippen molar-refractivity contribution in [1.82, 2.24) is 0 Å². The summed E-state index contributed by atoms with van der Waals surface area (Å²) < 4.78 is 0. The van der Waals surface area contributed by atoms with Gasteiger partial charge < -0.3 is 0 Å². The summed E-state index contributed by atoms with van der Waals surface area (Å²) in [6.45, 7) is 0. The molecule has 1 aromatic carbocycles. The first-order valence-corrected chi connectivity index (χ1v) is 7.82. The van der Waals surface area contributed by atoms with Gasteiger partial charge in [-0.15, -0.1) is 22.7 Å². The van der Waals surface area contributed by atoms with Gasteiger partial charge in [0.05, 0.1) is 5.69 Å². The van der Waals surface area contributed by atoms with Crippen LogP contribution in [0.5, 0.6) is 0 Å². The van der Waals surface area contributed by atoms with Gasteiger partial charge in [0.25, 0.3) is 0 Å². The Balaban J connectivity index is 1.78. The van der Waals surface area contributed by atoms with Gasteiger partial charge in [-0.2, -0.15) is 0 Å². The number of nitrogens with zero attached hydrogens (tertiary/aromatic N) is 1. The van der Waals surface area contributed by atoms with E-state index in [0.29, 0.717) is 0 Å². The number of thiophene rings is 2. The van der Waals surface area contributed by atoms with E-state index in [1.54, 1.807) is 22.7 Å². The molecule has 0 aliphatic rings. The molecule has 0 aliphatic heterocycles. The summed E-state index contributed by atoms with van der Waals surface area (Å²) in [4.78, 5) is 8.18. The molecule has 0 N–H and O–H groups in total. The maximum Gasteiger partial charge on any atom is 0.0631 e. The summed E-state index contributed by atoms with van der Waals surface area (Å²) in [6, 6.07) is 16.0. The number of hydrogen-bond acceptors (Lipinski definition) is 3. The van der Waals surface area contributed by atoms with Gasteiger partial charge in [-0.25, -0.2) is 0 Å². The van der Waals surface area contributed by atoms with E-state index in [9.17, 15) is 0 Å². The fourth-order valence-electron chi connectivity index (χ4n) is 1.64. The van der Waals surface area contributed by atoms with Crippen LogP contribution in [0.3, 0.4) is 0 Å². The second-order valence-corrected chi connectivity index (χ2v) is 6.41. The third-order valence-corrected chi connectivity index (χ3v) is 4.90. The van der Waals surface area contributed by atoms with Crippen molar-refractivity contribution >= 4 is 46.2 Å². The Labute approximate surface area is 124 Å². The van der Waals surface area contributed by atoms with E-state index in [1.165, 1.54) is 9.75 Å². The first-order chi connectivity index (χ1) is 9.31. The fourth-order valence-corrected chi connectivity index (χ4v) is 3.48. The van der Waals surface area contributed by atoms with E-state index in [1.807, 2.05) is 30.5 Å². The lowest BCUT2D eigenvalue weighted by Gasteiger charge is -1.92. The average Bonchev–Trinajstić information content (AvgIpc) is 3.09. The predicted molar refractivity (Wildman–Crippen MR) is 86.3 cm³/mol. The number of halogens is 1. The minimum absolute atomic E-state index is 0.732. The molecule has 0 saturated heterocycles. The lowest BCUT2D eigenvalue weighted by Crippen LogP contribution is -1.71. The molecule has 0 unspecified atom stereocenters. The van der Waals surface area contributed by atoms with Crippen LogP contribution in [0.1, 0.15) is 4.88 Å². The third-order valence-electron chi connectivity index (χ3n) is 2.56. The van der Waals surface area contributed by atoms with Crippen molar-refractivity contribution in [3.8, 4) is 9.75 Å². The van der Waals surface area contributed by atoms with Crippen molar-refractivity contribution in [1.29, 1.82) is 0 Å². The van der Waals surface area contributed by atoms with E-state index in [0.717, 1.165) is 15.6 Å². The van der Waals surface area contributed by atoms with Crippen LogP contribution in [0.15, 0.2) is 58.9 Å². The Hall–Kier alpha value is -1.42. The molecule has 0 spiro atoms. The molecule has 0 saturated carbocycles. The fraction of sp³-hybridized carbons (Fsp3) is 0. The van der Waals surface area contributed by atoms with Gasteiger partial charge in [-0.1, -0.05) is 17.7 Å². The highest BCUT2D eigenvalue weighted by molar-refractivity contribution is 7.22. The van der Waals surface area contributed by atoms with Gasteiger partial charge >= 0.3 is 0 Å². The van der Waals surface area contributed by atoms with Crippen LogP contribution >= 0.6 is 34.3 Å². The van der Waals surface area contributed by atoms with Gasteiger partial charge in [-0.3, -0.25) is 4.99 Å². The van der Waals surface area contributed by atoms with Crippen molar-refractivity contribution < 1.29 is 0 Å². The molecule has 0 amide bonds. The van der Waals surface area contributed by atoms with Crippen LogP contribution < -0.4 is 0 Å². The molecule has 1 nitrogen and oxygen atoms in total. The molecule has 0 fully saturated rings. The van der Waals surface area contributed by atoms with Gasteiger partial charge in [0.15, 0.2) is 0 Å². The monoisotopic (exact) mass is 303 g/mol. The van der Waals surface area contributed by atoms with Crippen molar-refractivity contribution in [2.24, 2.45) is 4.99 Å². The van der Waals surface area contributed by atoms with Crippen LogP contribution in [-0.2, 0) is 0 Å². The molecule has 2 aromatic heterocycles. The minimum Gasteiger partial charge on any atom is -0.255 e. The van der Waals surface area contributed by atoms with Crippen LogP contribution in [0.2, 0.25) is 5.02 Å². The summed E-state index contributed by atoms with van der Waals surface area (Å²) >= 11 is 9.35. The SMILES string of the molecule is Clc1ccc(N=Cc2ccc(-c3cccs3)s2)cc1. The lowest BCUT2D eigenvalue weighted by atomic mass is 10.3. The van der Waals surface area contributed by atoms with Crippen LogP contribution in [0.4, 0.5) is 5.69 Å². The van der Waals surface area contributed by atoms with E-state index >= 15 is 0 Å². The zero-order valence-corrected chi connectivity index (χ0v) is 12.3. The van der Waals surface area contributed by atoms with Gasteiger partial charge in [0.2, 0.25) is 0 Å². The molecule has 3 aromatic rings. The van der Waals surface area contributed by atoms with Gasteiger partial charge in [-0.05, 0) is 47.8 Å². The maximum absolute atomic E-state index is 5.84. The average molecular weight is 304 g/mol. The zero-order valence-electron chi connectivity index (χ0n) is 9.92. The highest BCUT2D eigenvalue weighted by Gasteiger charge is 2.01. The summed E-state index contributed by atoms with van der Waals surface area (Å²) in [5.41, 5.74) is 0.912. The standard InChI is InChI=1S/C15H10ClNS2/c16-11-3-5-12(6-4-11)17-10-13-7-8-15(19-13)14-2-1-9-18-14/h1-10H. The predicted octanol–water partition coefficient (Wildman–Crippen LogP) is 5.88. The Kier molecular flexibility index (Phi) is 3.78. The number of aliphatic imine (C=N–C) groups is 1. The molecule has 94 valence electrons. The topological polar surface area (TPSA) is 12.4 Å². The first kappa shape index (κ1) is 12.6. The Bertz CT molecular complexity index is 681. The molecule has 0 bridgehead atoms. The van der Waals surface area contributed by atoms with Crippen LogP contribution in [0, 0.1) is 0 Å². The molecule has 4 heteroatoms. The van der Waals surface area contributed by atoms with Crippen molar-refractivity contribution in [2.45, 2.75) is 0 Å². The van der Waals surface area contributed by atoms with E-state index in [-0.39, 0.29) is 0 Å². The molecular formula is C15H10ClNS2. The Morgan fingerprint density at radius 3 is 2.53 bits per heavy atom. The van der Waals surface area contributed by atoms with Crippen molar-refractivity contribution in [2.75, 3.05) is 0 Å². The Morgan fingerprint density at radius 1 is 0.947 bits per heavy atom. The first-order valence-electron chi connectivity index (χ1n) is 5.74.